The summed E-state index contributed by atoms with van der Waals surface area (Å²) in [5.41, 5.74) is 1.42. The summed E-state index contributed by atoms with van der Waals surface area (Å²) >= 11 is 12.1. The molecule has 1 unspecified atom stereocenters. The molecule has 1 atom stereocenters. The van der Waals surface area contributed by atoms with Crippen molar-refractivity contribution in [2.45, 2.75) is 6.10 Å². The van der Waals surface area contributed by atoms with Crippen LogP contribution < -0.4 is 4.74 Å². The van der Waals surface area contributed by atoms with Gasteiger partial charge in [0.05, 0.1) is 17.2 Å². The summed E-state index contributed by atoms with van der Waals surface area (Å²) in [5, 5.41) is 11.0. The van der Waals surface area contributed by atoms with E-state index in [9.17, 15) is 5.11 Å². The van der Waals surface area contributed by atoms with Crippen LogP contribution in [0.25, 0.3) is 0 Å². The van der Waals surface area contributed by atoms with Gasteiger partial charge in [-0.1, -0.05) is 53.5 Å². The molecule has 2 aromatic rings. The first-order valence-corrected chi connectivity index (χ1v) is 6.15. The molecule has 0 aromatic heterocycles. The van der Waals surface area contributed by atoms with Crippen molar-refractivity contribution in [3.63, 3.8) is 0 Å². The molecule has 0 fully saturated rings. The van der Waals surface area contributed by atoms with E-state index in [4.69, 9.17) is 27.9 Å². The van der Waals surface area contributed by atoms with E-state index in [1.165, 1.54) is 7.11 Å². The van der Waals surface area contributed by atoms with Crippen molar-refractivity contribution >= 4 is 23.2 Å². The van der Waals surface area contributed by atoms with Gasteiger partial charge in [0.15, 0.2) is 5.75 Å². The molecule has 0 bridgehead atoms. The van der Waals surface area contributed by atoms with E-state index in [0.29, 0.717) is 21.4 Å². The SMILES string of the molecule is COc1c(Cl)cc(C(O)c2ccccc2)cc1Cl. The first kappa shape index (κ1) is 13.2. The Labute approximate surface area is 116 Å². The topological polar surface area (TPSA) is 29.5 Å². The highest BCUT2D eigenvalue weighted by Crippen LogP contribution is 2.36. The maximum absolute atomic E-state index is 10.2. The van der Waals surface area contributed by atoms with Crippen LogP contribution in [-0.2, 0) is 0 Å². The normalized spacial score (nSPS) is 12.2. The smallest absolute Gasteiger partial charge is 0.156 e. The second kappa shape index (κ2) is 5.61. The van der Waals surface area contributed by atoms with Crippen LogP contribution in [0, 0.1) is 0 Å². The fraction of sp³-hybridized carbons (Fsp3) is 0.143. The second-order valence-corrected chi connectivity index (χ2v) is 4.65. The van der Waals surface area contributed by atoms with Crippen LogP contribution in [0.5, 0.6) is 5.75 Å². The van der Waals surface area contributed by atoms with Crippen LogP contribution in [-0.4, -0.2) is 12.2 Å². The number of methoxy groups -OCH3 is 1. The zero-order valence-electron chi connectivity index (χ0n) is 9.73. The lowest BCUT2D eigenvalue weighted by molar-refractivity contribution is 0.220. The zero-order chi connectivity index (χ0) is 13.1. The maximum Gasteiger partial charge on any atom is 0.156 e. The number of aliphatic hydroxyl groups is 1. The van der Waals surface area contributed by atoms with Crippen molar-refractivity contribution in [1.29, 1.82) is 0 Å². The van der Waals surface area contributed by atoms with Crippen molar-refractivity contribution in [2.75, 3.05) is 7.11 Å². The Kier molecular flexibility index (Phi) is 4.12. The summed E-state index contributed by atoms with van der Waals surface area (Å²) in [4.78, 5) is 0. The lowest BCUT2D eigenvalue weighted by Crippen LogP contribution is -2.00. The Bertz CT molecular complexity index is 518. The molecule has 0 heterocycles. The fourth-order valence-corrected chi connectivity index (χ4v) is 2.42. The number of rotatable bonds is 3. The molecular formula is C14H12Cl2O2. The molecule has 0 aliphatic carbocycles. The second-order valence-electron chi connectivity index (χ2n) is 3.83. The van der Waals surface area contributed by atoms with Crippen molar-refractivity contribution in [1.82, 2.24) is 0 Å². The minimum absolute atomic E-state index is 0.384. The quantitative estimate of drug-likeness (QED) is 0.919. The summed E-state index contributed by atoms with van der Waals surface area (Å²) in [5.74, 6) is 0.419. The minimum Gasteiger partial charge on any atom is -0.494 e. The van der Waals surface area contributed by atoms with Gasteiger partial charge in [0.1, 0.15) is 6.10 Å². The van der Waals surface area contributed by atoms with E-state index in [2.05, 4.69) is 0 Å². The number of aliphatic hydroxyl groups excluding tert-OH is 1. The van der Waals surface area contributed by atoms with E-state index < -0.39 is 6.10 Å². The van der Waals surface area contributed by atoms with Crippen LogP contribution in [0.1, 0.15) is 17.2 Å². The van der Waals surface area contributed by atoms with Gasteiger partial charge in [0, 0.05) is 0 Å². The van der Waals surface area contributed by atoms with Gasteiger partial charge in [-0.15, -0.1) is 0 Å². The van der Waals surface area contributed by atoms with Gasteiger partial charge < -0.3 is 9.84 Å². The monoisotopic (exact) mass is 282 g/mol. The predicted molar refractivity (Wildman–Crippen MR) is 73.5 cm³/mol. The van der Waals surface area contributed by atoms with Gasteiger partial charge in [-0.2, -0.15) is 0 Å². The Morgan fingerprint density at radius 1 is 1.00 bits per heavy atom. The lowest BCUT2D eigenvalue weighted by atomic mass is 10.0. The molecule has 2 aromatic carbocycles. The number of benzene rings is 2. The Hall–Kier alpha value is -1.22. The molecule has 94 valence electrons. The minimum atomic E-state index is -0.757. The summed E-state index contributed by atoms with van der Waals surface area (Å²) in [6, 6.07) is 12.6. The first-order chi connectivity index (χ1) is 8.63. The average molecular weight is 283 g/mol. The number of hydrogen-bond acceptors (Lipinski definition) is 2. The third-order valence-electron chi connectivity index (χ3n) is 2.66. The molecule has 2 rings (SSSR count). The summed E-state index contributed by atoms with van der Waals surface area (Å²) in [6.45, 7) is 0. The van der Waals surface area contributed by atoms with E-state index in [0.717, 1.165) is 5.56 Å². The summed E-state index contributed by atoms with van der Waals surface area (Å²) in [7, 11) is 1.50. The number of ether oxygens (including phenoxy) is 1. The van der Waals surface area contributed by atoms with Crippen molar-refractivity contribution in [2.24, 2.45) is 0 Å². The molecule has 0 saturated carbocycles. The highest BCUT2D eigenvalue weighted by Gasteiger charge is 2.15. The molecule has 18 heavy (non-hydrogen) atoms. The highest BCUT2D eigenvalue weighted by atomic mass is 35.5. The van der Waals surface area contributed by atoms with Gasteiger partial charge in [0.2, 0.25) is 0 Å². The summed E-state index contributed by atoms with van der Waals surface area (Å²) < 4.78 is 5.07. The molecule has 0 spiro atoms. The third kappa shape index (κ3) is 2.61. The van der Waals surface area contributed by atoms with Gasteiger partial charge >= 0.3 is 0 Å². The molecule has 0 aliphatic rings. The van der Waals surface area contributed by atoms with E-state index >= 15 is 0 Å². The van der Waals surface area contributed by atoms with Gasteiger partial charge in [-0.25, -0.2) is 0 Å². The average Bonchev–Trinajstić information content (AvgIpc) is 2.38. The highest BCUT2D eigenvalue weighted by molar-refractivity contribution is 6.37. The predicted octanol–water partition coefficient (Wildman–Crippen LogP) is 4.08. The standard InChI is InChI=1S/C14H12Cl2O2/c1-18-14-11(15)7-10(8-12(14)16)13(17)9-5-3-2-4-6-9/h2-8,13,17H,1H3. The van der Waals surface area contributed by atoms with Crippen LogP contribution >= 0.6 is 23.2 Å². The zero-order valence-corrected chi connectivity index (χ0v) is 11.2. The molecule has 1 N–H and O–H groups in total. The van der Waals surface area contributed by atoms with E-state index in [1.54, 1.807) is 12.1 Å². The molecule has 2 nitrogen and oxygen atoms in total. The van der Waals surface area contributed by atoms with Crippen molar-refractivity contribution < 1.29 is 9.84 Å². The van der Waals surface area contributed by atoms with Crippen LogP contribution in [0.4, 0.5) is 0 Å². The number of halogens is 2. The molecule has 0 aliphatic heterocycles. The van der Waals surface area contributed by atoms with Crippen LogP contribution in [0.2, 0.25) is 10.0 Å². The van der Waals surface area contributed by atoms with Crippen LogP contribution in [0.15, 0.2) is 42.5 Å². The lowest BCUT2D eigenvalue weighted by Gasteiger charge is -2.14. The van der Waals surface area contributed by atoms with Crippen molar-refractivity contribution in [3.05, 3.63) is 63.6 Å². The molecule has 0 saturated heterocycles. The maximum atomic E-state index is 10.2. The Balaban J connectivity index is 2.41. The number of hydrogen-bond donors (Lipinski definition) is 1. The fourth-order valence-electron chi connectivity index (χ4n) is 1.76. The first-order valence-electron chi connectivity index (χ1n) is 5.39. The third-order valence-corrected chi connectivity index (χ3v) is 3.22. The summed E-state index contributed by atoms with van der Waals surface area (Å²) in [6.07, 6.45) is -0.757. The van der Waals surface area contributed by atoms with E-state index in [-0.39, 0.29) is 0 Å². The molecule has 4 heteroatoms. The largest absolute Gasteiger partial charge is 0.494 e. The van der Waals surface area contributed by atoms with Gasteiger partial charge in [0.25, 0.3) is 0 Å². The van der Waals surface area contributed by atoms with Gasteiger partial charge in [-0.3, -0.25) is 0 Å². The molecular weight excluding hydrogens is 271 g/mol. The van der Waals surface area contributed by atoms with Crippen molar-refractivity contribution in [3.8, 4) is 5.75 Å². The Morgan fingerprint density at radius 2 is 1.56 bits per heavy atom. The Morgan fingerprint density at radius 3 is 2.06 bits per heavy atom. The molecule has 0 amide bonds. The van der Waals surface area contributed by atoms with Gasteiger partial charge in [-0.05, 0) is 23.3 Å². The van der Waals surface area contributed by atoms with E-state index in [1.807, 2.05) is 30.3 Å². The van der Waals surface area contributed by atoms with Crippen LogP contribution in [0.3, 0.4) is 0 Å². The molecule has 0 radical (unpaired) electrons.